The topological polar surface area (TPSA) is 80.8 Å². The number of ether oxygens (including phenoxy) is 1. The average Bonchev–Trinajstić information content (AvgIpc) is 2.74. The van der Waals surface area contributed by atoms with E-state index in [1.54, 1.807) is 30.3 Å². The van der Waals surface area contributed by atoms with Gasteiger partial charge in [0.2, 0.25) is 15.8 Å². The summed E-state index contributed by atoms with van der Waals surface area (Å²) < 4.78 is 32.5. The number of Topliss-reactive ketones (excluding diaryl/α,β-unsaturated/α-hetero) is 1. The second-order valence-corrected chi connectivity index (χ2v) is 9.20. The number of halogens is 1. The summed E-state index contributed by atoms with van der Waals surface area (Å²) in [6.07, 6.45) is 1.55. The van der Waals surface area contributed by atoms with Crippen LogP contribution in [0.2, 0.25) is 5.02 Å². The van der Waals surface area contributed by atoms with Crippen molar-refractivity contribution < 1.29 is 22.7 Å². The van der Waals surface area contributed by atoms with Crippen LogP contribution in [-0.2, 0) is 14.8 Å². The Hall–Kier alpha value is -2.22. The number of rotatable bonds is 6. The van der Waals surface area contributed by atoms with E-state index in [1.165, 1.54) is 29.4 Å². The third kappa shape index (κ3) is 4.86. The van der Waals surface area contributed by atoms with E-state index in [-0.39, 0.29) is 21.3 Å². The van der Waals surface area contributed by atoms with Gasteiger partial charge in [-0.15, -0.1) is 0 Å². The fourth-order valence-corrected chi connectivity index (χ4v) is 5.21. The van der Waals surface area contributed by atoms with Gasteiger partial charge in [0.05, 0.1) is 10.6 Å². The van der Waals surface area contributed by atoms with Crippen LogP contribution in [0.5, 0.6) is 0 Å². The highest BCUT2D eigenvalue weighted by Crippen LogP contribution is 2.28. The van der Waals surface area contributed by atoms with Gasteiger partial charge in [-0.2, -0.15) is 4.31 Å². The van der Waals surface area contributed by atoms with Gasteiger partial charge in [-0.05, 0) is 38.0 Å². The smallest absolute Gasteiger partial charge is 0.338 e. The summed E-state index contributed by atoms with van der Waals surface area (Å²) in [5, 5.41) is 0.0422. The van der Waals surface area contributed by atoms with Crippen molar-refractivity contribution in [3.63, 3.8) is 0 Å². The third-order valence-corrected chi connectivity index (χ3v) is 7.19. The first-order chi connectivity index (χ1) is 13.8. The van der Waals surface area contributed by atoms with Crippen molar-refractivity contribution in [1.29, 1.82) is 0 Å². The van der Waals surface area contributed by atoms with Crippen LogP contribution in [0.4, 0.5) is 0 Å². The zero-order chi connectivity index (χ0) is 21.0. The molecule has 0 N–H and O–H groups in total. The molecular formula is C21H22ClNO5S. The van der Waals surface area contributed by atoms with Crippen LogP contribution in [0.1, 0.15) is 46.9 Å². The zero-order valence-electron chi connectivity index (χ0n) is 16.0. The lowest BCUT2D eigenvalue weighted by molar-refractivity contribution is 0.0318. The first-order valence-electron chi connectivity index (χ1n) is 9.40. The van der Waals surface area contributed by atoms with E-state index in [0.717, 1.165) is 19.3 Å². The highest BCUT2D eigenvalue weighted by molar-refractivity contribution is 7.89. The summed E-state index contributed by atoms with van der Waals surface area (Å²) >= 11 is 6.13. The van der Waals surface area contributed by atoms with E-state index >= 15 is 0 Å². The van der Waals surface area contributed by atoms with Gasteiger partial charge in [0.15, 0.2) is 6.10 Å². The molecule has 0 bridgehead atoms. The molecule has 0 amide bonds. The molecule has 1 unspecified atom stereocenters. The fraction of sp³-hybridized carbons (Fsp3) is 0.333. The number of ketones is 1. The zero-order valence-corrected chi connectivity index (χ0v) is 17.6. The van der Waals surface area contributed by atoms with E-state index in [0.29, 0.717) is 18.7 Å². The summed E-state index contributed by atoms with van der Waals surface area (Å²) in [6, 6.07) is 12.5. The maximum Gasteiger partial charge on any atom is 0.338 e. The quantitative estimate of drug-likeness (QED) is 0.507. The van der Waals surface area contributed by atoms with E-state index in [9.17, 15) is 18.0 Å². The van der Waals surface area contributed by atoms with Gasteiger partial charge >= 0.3 is 5.97 Å². The molecule has 0 aromatic heterocycles. The minimum absolute atomic E-state index is 0.0256. The van der Waals surface area contributed by atoms with Crippen molar-refractivity contribution in [2.24, 2.45) is 0 Å². The highest BCUT2D eigenvalue weighted by Gasteiger charge is 2.29. The van der Waals surface area contributed by atoms with E-state index in [1.807, 2.05) is 0 Å². The molecule has 154 valence electrons. The van der Waals surface area contributed by atoms with Crippen molar-refractivity contribution >= 4 is 33.4 Å². The summed E-state index contributed by atoms with van der Waals surface area (Å²) in [5.74, 6) is -1.12. The Morgan fingerprint density at radius 2 is 1.66 bits per heavy atom. The fourth-order valence-electron chi connectivity index (χ4n) is 3.19. The first kappa shape index (κ1) is 21.5. The van der Waals surface area contributed by atoms with Gasteiger partial charge < -0.3 is 4.74 Å². The van der Waals surface area contributed by atoms with Crippen LogP contribution in [-0.4, -0.2) is 43.7 Å². The average molecular weight is 436 g/mol. The minimum Gasteiger partial charge on any atom is -0.451 e. The van der Waals surface area contributed by atoms with Gasteiger partial charge in [-0.25, -0.2) is 13.2 Å². The molecule has 0 radical (unpaired) electrons. The van der Waals surface area contributed by atoms with E-state index in [4.69, 9.17) is 16.3 Å². The molecule has 0 aliphatic carbocycles. The monoisotopic (exact) mass is 435 g/mol. The molecule has 29 heavy (non-hydrogen) atoms. The molecule has 1 atom stereocenters. The van der Waals surface area contributed by atoms with Crippen LogP contribution in [0.3, 0.4) is 0 Å². The standard InChI is InChI=1S/C21H22ClNO5S/c1-15(20(24)16-8-4-2-5-9-16)28-21(25)17-10-11-18(22)19(14-17)29(26,27)23-12-6-3-7-13-23/h2,4-5,8-11,14-15H,3,6-7,12-13H2,1H3. The maximum absolute atomic E-state index is 12.9. The summed E-state index contributed by atoms with van der Waals surface area (Å²) in [4.78, 5) is 24.8. The van der Waals surface area contributed by atoms with Crippen molar-refractivity contribution in [1.82, 2.24) is 4.31 Å². The predicted octanol–water partition coefficient (Wildman–Crippen LogP) is 3.94. The molecular weight excluding hydrogens is 414 g/mol. The molecule has 2 aromatic rings. The van der Waals surface area contributed by atoms with Gasteiger partial charge in [-0.1, -0.05) is 48.4 Å². The molecule has 1 fully saturated rings. The van der Waals surface area contributed by atoms with Crippen molar-refractivity contribution in [3.8, 4) is 0 Å². The number of nitrogens with zero attached hydrogens (tertiary/aromatic N) is 1. The number of esters is 1. The second kappa shape index (κ2) is 9.07. The number of benzene rings is 2. The van der Waals surface area contributed by atoms with Crippen LogP contribution in [0.15, 0.2) is 53.4 Å². The Morgan fingerprint density at radius 1 is 1.00 bits per heavy atom. The molecule has 3 rings (SSSR count). The number of piperidine rings is 1. The highest BCUT2D eigenvalue weighted by atomic mass is 35.5. The van der Waals surface area contributed by atoms with Crippen LogP contribution in [0.25, 0.3) is 0 Å². The molecule has 0 spiro atoms. The molecule has 1 heterocycles. The molecule has 1 saturated heterocycles. The first-order valence-corrected chi connectivity index (χ1v) is 11.2. The van der Waals surface area contributed by atoms with Crippen LogP contribution >= 0.6 is 11.6 Å². The molecule has 6 nitrogen and oxygen atoms in total. The molecule has 2 aromatic carbocycles. The van der Waals surface area contributed by atoms with Crippen LogP contribution in [0, 0.1) is 0 Å². The number of hydrogen-bond acceptors (Lipinski definition) is 5. The molecule has 8 heteroatoms. The van der Waals surface area contributed by atoms with Crippen molar-refractivity contribution in [2.45, 2.75) is 37.2 Å². The Balaban J connectivity index is 1.80. The Labute approximate surface area is 175 Å². The molecule has 0 saturated carbocycles. The summed E-state index contributed by atoms with van der Waals surface area (Å²) in [6.45, 7) is 2.33. The van der Waals surface area contributed by atoms with Gasteiger partial charge in [0.1, 0.15) is 4.90 Å². The maximum atomic E-state index is 12.9. The van der Waals surface area contributed by atoms with Gasteiger partial charge in [0.25, 0.3) is 0 Å². The number of carbonyl (C=O) groups excluding carboxylic acids is 2. The molecule has 1 aliphatic rings. The minimum atomic E-state index is -3.81. The summed E-state index contributed by atoms with van der Waals surface area (Å²) in [7, 11) is -3.81. The number of sulfonamides is 1. The Kier molecular flexibility index (Phi) is 6.72. The number of carbonyl (C=O) groups is 2. The Morgan fingerprint density at radius 3 is 2.31 bits per heavy atom. The van der Waals surface area contributed by atoms with E-state index < -0.39 is 22.1 Å². The SMILES string of the molecule is CC(OC(=O)c1ccc(Cl)c(S(=O)(=O)N2CCCCC2)c1)C(=O)c1ccccc1. The lowest BCUT2D eigenvalue weighted by Gasteiger charge is -2.26. The normalized spacial score (nSPS) is 16.2. The lowest BCUT2D eigenvalue weighted by Crippen LogP contribution is -2.35. The van der Waals surface area contributed by atoms with Gasteiger partial charge in [-0.3, -0.25) is 4.79 Å². The van der Waals surface area contributed by atoms with Gasteiger partial charge in [0, 0.05) is 18.7 Å². The lowest BCUT2D eigenvalue weighted by atomic mass is 10.1. The Bertz CT molecular complexity index is 1000. The summed E-state index contributed by atoms with van der Waals surface area (Å²) in [5.41, 5.74) is 0.454. The van der Waals surface area contributed by atoms with Crippen LogP contribution < -0.4 is 0 Å². The van der Waals surface area contributed by atoms with Crippen molar-refractivity contribution in [3.05, 3.63) is 64.7 Å². The largest absolute Gasteiger partial charge is 0.451 e. The molecule has 1 aliphatic heterocycles. The second-order valence-electron chi connectivity index (χ2n) is 6.89. The third-order valence-electron chi connectivity index (χ3n) is 4.81. The van der Waals surface area contributed by atoms with E-state index in [2.05, 4.69) is 0 Å². The predicted molar refractivity (Wildman–Crippen MR) is 110 cm³/mol. The van der Waals surface area contributed by atoms with Crippen molar-refractivity contribution in [2.75, 3.05) is 13.1 Å². The number of hydrogen-bond donors (Lipinski definition) is 0.